The molecule has 2 aliphatic heterocycles. The fraction of sp³-hybridized carbons (Fsp3) is 0.353. The van der Waals surface area contributed by atoms with E-state index in [4.69, 9.17) is 10.00 Å². The summed E-state index contributed by atoms with van der Waals surface area (Å²) in [4.78, 5) is 16.4. The van der Waals surface area contributed by atoms with Crippen molar-refractivity contribution in [2.75, 3.05) is 0 Å². The topological polar surface area (TPSA) is 87.0 Å². The summed E-state index contributed by atoms with van der Waals surface area (Å²) >= 11 is 1.27. The third kappa shape index (κ3) is 2.98. The minimum Gasteiger partial charge on any atom is -0.431 e. The Hall–Kier alpha value is -2.43. The molecule has 7 heteroatoms. The SMILES string of the molecule is N#Cc1csc(Oc2ccc(C(=O)NC3CC4CCC3N4)cc2)n1. The number of rotatable bonds is 4. The van der Waals surface area contributed by atoms with Gasteiger partial charge in [-0.25, -0.2) is 0 Å². The Labute approximate surface area is 143 Å². The fourth-order valence-electron chi connectivity index (χ4n) is 3.37. The molecule has 0 spiro atoms. The van der Waals surface area contributed by atoms with Crippen molar-refractivity contribution in [1.29, 1.82) is 5.26 Å². The largest absolute Gasteiger partial charge is 0.431 e. The van der Waals surface area contributed by atoms with Crippen molar-refractivity contribution in [3.8, 4) is 17.0 Å². The number of nitrogens with one attached hydrogen (secondary N) is 2. The Morgan fingerprint density at radius 3 is 2.83 bits per heavy atom. The molecule has 4 rings (SSSR count). The zero-order chi connectivity index (χ0) is 16.5. The summed E-state index contributed by atoms with van der Waals surface area (Å²) in [6.45, 7) is 0. The average molecular weight is 340 g/mol. The highest BCUT2D eigenvalue weighted by Gasteiger charge is 2.39. The van der Waals surface area contributed by atoms with E-state index in [0.29, 0.717) is 34.3 Å². The maximum absolute atomic E-state index is 12.4. The van der Waals surface area contributed by atoms with E-state index >= 15 is 0 Å². The molecule has 2 N–H and O–H groups in total. The van der Waals surface area contributed by atoms with Crippen LogP contribution in [0.4, 0.5) is 0 Å². The Morgan fingerprint density at radius 1 is 1.38 bits per heavy atom. The molecule has 2 fully saturated rings. The van der Waals surface area contributed by atoms with Gasteiger partial charge in [-0.1, -0.05) is 11.3 Å². The zero-order valence-corrected chi connectivity index (χ0v) is 13.7. The highest BCUT2D eigenvalue weighted by molar-refractivity contribution is 7.11. The third-order valence-corrected chi connectivity index (χ3v) is 5.25. The molecule has 3 heterocycles. The monoisotopic (exact) mass is 340 g/mol. The molecule has 2 aliphatic rings. The Balaban J connectivity index is 1.38. The normalized spacial score (nSPS) is 24.5. The van der Waals surface area contributed by atoms with Gasteiger partial charge in [-0.3, -0.25) is 4.79 Å². The molecule has 1 aromatic carbocycles. The molecular weight excluding hydrogens is 324 g/mol. The van der Waals surface area contributed by atoms with Crippen LogP contribution >= 0.6 is 11.3 Å². The van der Waals surface area contributed by atoms with Gasteiger partial charge in [-0.05, 0) is 43.5 Å². The van der Waals surface area contributed by atoms with Crippen LogP contribution in [0, 0.1) is 11.3 Å². The highest BCUT2D eigenvalue weighted by atomic mass is 32.1. The van der Waals surface area contributed by atoms with E-state index in [1.54, 1.807) is 29.6 Å². The Bertz CT molecular complexity index is 796. The van der Waals surface area contributed by atoms with Gasteiger partial charge in [-0.15, -0.1) is 0 Å². The van der Waals surface area contributed by atoms with Gasteiger partial charge in [0.05, 0.1) is 0 Å². The fourth-order valence-corrected chi connectivity index (χ4v) is 3.98. The molecule has 0 aliphatic carbocycles. The second-order valence-electron chi connectivity index (χ2n) is 6.10. The molecule has 1 aromatic heterocycles. The van der Waals surface area contributed by atoms with Crippen molar-refractivity contribution in [3.05, 3.63) is 40.9 Å². The van der Waals surface area contributed by atoms with Gasteiger partial charge in [0.15, 0.2) is 5.69 Å². The van der Waals surface area contributed by atoms with E-state index in [1.807, 2.05) is 6.07 Å². The van der Waals surface area contributed by atoms with Crippen LogP contribution in [0.2, 0.25) is 0 Å². The lowest BCUT2D eigenvalue weighted by Crippen LogP contribution is -2.42. The van der Waals surface area contributed by atoms with Crippen LogP contribution in [0.5, 0.6) is 10.9 Å². The van der Waals surface area contributed by atoms with Crippen molar-refractivity contribution in [2.24, 2.45) is 0 Å². The summed E-state index contributed by atoms with van der Waals surface area (Å²) in [5.41, 5.74) is 0.951. The minimum absolute atomic E-state index is 0.0538. The number of aromatic nitrogens is 1. The first-order valence-electron chi connectivity index (χ1n) is 7.92. The predicted molar refractivity (Wildman–Crippen MR) is 89.2 cm³/mol. The van der Waals surface area contributed by atoms with Gasteiger partial charge in [0.2, 0.25) is 0 Å². The number of carbonyl (C=O) groups excluding carboxylic acids is 1. The summed E-state index contributed by atoms with van der Waals surface area (Å²) in [6, 6.07) is 10.1. The van der Waals surface area contributed by atoms with Crippen LogP contribution in [0.15, 0.2) is 29.6 Å². The average Bonchev–Trinajstić information content (AvgIpc) is 3.32. The maximum Gasteiger partial charge on any atom is 0.279 e. The summed E-state index contributed by atoms with van der Waals surface area (Å²) in [5.74, 6) is 0.536. The van der Waals surface area contributed by atoms with E-state index in [0.717, 1.165) is 12.8 Å². The first kappa shape index (κ1) is 15.1. The number of thiazole rings is 1. The van der Waals surface area contributed by atoms with Crippen LogP contribution in [0.1, 0.15) is 35.3 Å². The van der Waals surface area contributed by atoms with Crippen molar-refractivity contribution in [2.45, 2.75) is 37.4 Å². The molecule has 3 atom stereocenters. The molecule has 2 bridgehead atoms. The molecule has 0 saturated carbocycles. The lowest BCUT2D eigenvalue weighted by atomic mass is 9.95. The van der Waals surface area contributed by atoms with Gasteiger partial charge in [0.1, 0.15) is 11.8 Å². The van der Waals surface area contributed by atoms with Crippen LogP contribution in [-0.4, -0.2) is 29.0 Å². The van der Waals surface area contributed by atoms with Crippen LogP contribution in [0.25, 0.3) is 0 Å². The minimum atomic E-state index is -0.0538. The number of carbonyl (C=O) groups is 1. The van der Waals surface area contributed by atoms with Crippen molar-refractivity contribution >= 4 is 17.2 Å². The second-order valence-corrected chi connectivity index (χ2v) is 6.92. The highest BCUT2D eigenvalue weighted by Crippen LogP contribution is 2.29. The predicted octanol–water partition coefficient (Wildman–Crippen LogP) is 2.43. The second kappa shape index (κ2) is 6.23. The van der Waals surface area contributed by atoms with Gasteiger partial charge in [0, 0.05) is 29.1 Å². The van der Waals surface area contributed by atoms with E-state index < -0.39 is 0 Å². The number of nitriles is 1. The number of benzene rings is 1. The van der Waals surface area contributed by atoms with E-state index in [2.05, 4.69) is 15.6 Å². The van der Waals surface area contributed by atoms with Crippen molar-refractivity contribution in [3.63, 3.8) is 0 Å². The van der Waals surface area contributed by atoms with E-state index in [9.17, 15) is 4.79 Å². The molecular formula is C17H16N4O2S. The summed E-state index contributed by atoms with van der Waals surface area (Å²) in [7, 11) is 0. The van der Waals surface area contributed by atoms with E-state index in [1.165, 1.54) is 17.8 Å². The smallest absolute Gasteiger partial charge is 0.279 e. The molecule has 6 nitrogen and oxygen atoms in total. The summed E-state index contributed by atoms with van der Waals surface area (Å²) < 4.78 is 5.58. The standard InChI is InChI=1S/C17H16N4O2S/c18-8-12-9-24-17(20-12)23-13-4-1-10(2-5-13)16(22)21-15-7-11-3-6-14(15)19-11/h1-2,4-5,9,11,14-15,19H,3,6-7H2,(H,21,22). The lowest BCUT2D eigenvalue weighted by molar-refractivity contribution is 0.0931. The van der Waals surface area contributed by atoms with E-state index in [-0.39, 0.29) is 11.9 Å². The molecule has 3 unspecified atom stereocenters. The lowest BCUT2D eigenvalue weighted by Gasteiger charge is -2.21. The van der Waals surface area contributed by atoms with Crippen LogP contribution in [0.3, 0.4) is 0 Å². The van der Waals surface area contributed by atoms with Crippen molar-refractivity contribution < 1.29 is 9.53 Å². The van der Waals surface area contributed by atoms with Crippen LogP contribution in [-0.2, 0) is 0 Å². The molecule has 24 heavy (non-hydrogen) atoms. The first-order valence-corrected chi connectivity index (χ1v) is 8.80. The third-order valence-electron chi connectivity index (χ3n) is 4.54. The van der Waals surface area contributed by atoms with Crippen LogP contribution < -0.4 is 15.4 Å². The number of ether oxygens (including phenoxy) is 1. The molecule has 2 aromatic rings. The number of amides is 1. The Kier molecular flexibility index (Phi) is 3.92. The Morgan fingerprint density at radius 2 is 2.21 bits per heavy atom. The molecule has 1 amide bonds. The molecule has 122 valence electrons. The number of fused-ring (bicyclic) bond motifs is 2. The zero-order valence-electron chi connectivity index (χ0n) is 12.9. The summed E-state index contributed by atoms with van der Waals surface area (Å²) in [5, 5.41) is 17.4. The van der Waals surface area contributed by atoms with Gasteiger partial charge < -0.3 is 15.4 Å². The van der Waals surface area contributed by atoms with Gasteiger partial charge in [0.25, 0.3) is 11.1 Å². The number of nitrogens with zero attached hydrogens (tertiary/aromatic N) is 2. The summed E-state index contributed by atoms with van der Waals surface area (Å²) in [6.07, 6.45) is 3.37. The molecule has 2 saturated heterocycles. The maximum atomic E-state index is 12.4. The van der Waals surface area contributed by atoms with Gasteiger partial charge >= 0.3 is 0 Å². The molecule has 0 radical (unpaired) electrons. The number of hydrogen-bond donors (Lipinski definition) is 2. The number of hydrogen-bond acceptors (Lipinski definition) is 6. The quantitative estimate of drug-likeness (QED) is 0.892. The van der Waals surface area contributed by atoms with Gasteiger partial charge in [-0.2, -0.15) is 10.2 Å². The first-order chi connectivity index (χ1) is 11.7. The van der Waals surface area contributed by atoms with Crippen molar-refractivity contribution in [1.82, 2.24) is 15.6 Å².